The van der Waals surface area contributed by atoms with Crippen molar-refractivity contribution in [3.05, 3.63) is 83.0 Å². The number of aromatic amines is 1. The van der Waals surface area contributed by atoms with Gasteiger partial charge in [0.25, 0.3) is 21.8 Å². The number of carbonyl (C=O) groups is 3. The van der Waals surface area contributed by atoms with Gasteiger partial charge in [-0.3, -0.25) is 14.5 Å². The standard InChI is InChI=1S/C35H38ClN5O7S/c1-39(2)33(43)26-17-24(13-14-30(26)48-31-12-6-11-29(42)32(31)36)49(46,47)41-28(16-23-19-38-27-10-4-3-9-25(23)27)34(44)40(35(41)45)20-22-8-5-7-21(15-22)18-37/h3-4,6,9-14,17,19,21-22,28,38,42H,5,7-8,15-16,18,20,37H2,1-2H3. The lowest BCUT2D eigenvalue weighted by molar-refractivity contribution is -0.128. The van der Waals surface area contributed by atoms with Crippen molar-refractivity contribution in [1.82, 2.24) is 19.1 Å². The number of H-pyrrole nitrogens is 1. The third-order valence-electron chi connectivity index (χ3n) is 9.31. The molecule has 1 aromatic heterocycles. The first-order valence-corrected chi connectivity index (χ1v) is 17.9. The van der Waals surface area contributed by atoms with Crippen LogP contribution in [0.1, 0.15) is 41.6 Å². The summed E-state index contributed by atoms with van der Waals surface area (Å²) in [5.41, 5.74) is 7.30. The number of aromatic hydroxyl groups is 1. The van der Waals surface area contributed by atoms with E-state index >= 15 is 0 Å². The summed E-state index contributed by atoms with van der Waals surface area (Å²) in [4.78, 5) is 46.7. The van der Waals surface area contributed by atoms with Crippen molar-refractivity contribution in [3.63, 3.8) is 0 Å². The average Bonchev–Trinajstić information content (AvgIpc) is 3.60. The van der Waals surface area contributed by atoms with Gasteiger partial charge in [0.15, 0.2) is 0 Å². The van der Waals surface area contributed by atoms with E-state index in [0.29, 0.717) is 16.4 Å². The van der Waals surface area contributed by atoms with Crippen molar-refractivity contribution >= 4 is 50.4 Å². The first kappa shape index (κ1) is 34.3. The van der Waals surface area contributed by atoms with Gasteiger partial charge < -0.3 is 25.5 Å². The highest BCUT2D eigenvalue weighted by molar-refractivity contribution is 7.89. The summed E-state index contributed by atoms with van der Waals surface area (Å²) in [6.45, 7) is 0.597. The SMILES string of the molecule is CN(C)C(=O)c1cc(S(=O)(=O)N2C(=O)N(CC3CCCC(CN)C3)C(=O)C2Cc2c[nH]c3ccccc23)ccc1Oc1cccc(O)c1Cl. The summed E-state index contributed by atoms with van der Waals surface area (Å²) >= 11 is 6.21. The Balaban J connectivity index is 1.40. The molecule has 2 aliphatic rings. The van der Waals surface area contributed by atoms with Gasteiger partial charge in [0.1, 0.15) is 28.3 Å². The Morgan fingerprint density at radius 2 is 1.82 bits per heavy atom. The van der Waals surface area contributed by atoms with Crippen LogP contribution in [0.25, 0.3) is 10.9 Å². The first-order chi connectivity index (χ1) is 23.4. The molecule has 1 aliphatic carbocycles. The van der Waals surface area contributed by atoms with E-state index in [1.807, 2.05) is 24.3 Å². The molecule has 1 aliphatic heterocycles. The number of phenolic OH excluding ortho intramolecular Hbond substituents is 1. The highest BCUT2D eigenvalue weighted by Crippen LogP contribution is 2.39. The molecule has 1 saturated carbocycles. The van der Waals surface area contributed by atoms with Crippen molar-refractivity contribution in [1.29, 1.82) is 0 Å². The quantitative estimate of drug-likeness (QED) is 0.186. The fourth-order valence-electron chi connectivity index (χ4n) is 6.76. The summed E-state index contributed by atoms with van der Waals surface area (Å²) in [5, 5.41) is 10.8. The number of carbonyl (C=O) groups excluding carboxylic acids is 3. The number of imide groups is 1. The maximum absolute atomic E-state index is 14.5. The van der Waals surface area contributed by atoms with Crippen molar-refractivity contribution in [2.75, 3.05) is 27.2 Å². The molecule has 1 saturated heterocycles. The van der Waals surface area contributed by atoms with Crippen LogP contribution in [0.3, 0.4) is 0 Å². The molecule has 49 heavy (non-hydrogen) atoms. The van der Waals surface area contributed by atoms with Gasteiger partial charge in [-0.15, -0.1) is 0 Å². The minimum absolute atomic E-state index is 0.00316. The molecule has 3 unspecified atom stereocenters. The zero-order chi connectivity index (χ0) is 35.0. The molecule has 14 heteroatoms. The number of nitrogens with one attached hydrogen (secondary N) is 1. The lowest BCUT2D eigenvalue weighted by Crippen LogP contribution is -2.42. The minimum atomic E-state index is -4.70. The summed E-state index contributed by atoms with van der Waals surface area (Å²) < 4.78 is 35.6. The fourth-order valence-corrected chi connectivity index (χ4v) is 8.46. The molecule has 258 valence electrons. The topological polar surface area (TPSA) is 166 Å². The number of nitrogens with two attached hydrogens (primary N) is 1. The molecule has 3 atom stereocenters. The highest BCUT2D eigenvalue weighted by Gasteiger charge is 2.52. The molecule has 0 spiro atoms. The number of ether oxygens (including phenoxy) is 1. The largest absolute Gasteiger partial charge is 0.506 e. The molecule has 3 aromatic carbocycles. The number of para-hydroxylation sites is 1. The predicted octanol–water partition coefficient (Wildman–Crippen LogP) is 5.35. The number of fused-ring (bicyclic) bond motifs is 1. The van der Waals surface area contributed by atoms with Crippen molar-refractivity contribution in [2.45, 2.75) is 43.0 Å². The van der Waals surface area contributed by atoms with E-state index in [9.17, 15) is 27.9 Å². The Kier molecular flexibility index (Phi) is 9.61. The van der Waals surface area contributed by atoms with Crippen LogP contribution in [0.4, 0.5) is 4.79 Å². The third-order valence-corrected chi connectivity index (χ3v) is 11.5. The van der Waals surface area contributed by atoms with Crippen LogP contribution >= 0.6 is 11.6 Å². The van der Waals surface area contributed by atoms with Crippen LogP contribution in [0.5, 0.6) is 17.2 Å². The van der Waals surface area contributed by atoms with Gasteiger partial charge in [-0.2, -0.15) is 0 Å². The normalized spacial score (nSPS) is 19.9. The predicted molar refractivity (Wildman–Crippen MR) is 184 cm³/mol. The maximum atomic E-state index is 14.5. The smallest absolute Gasteiger partial charge is 0.341 e. The van der Waals surface area contributed by atoms with Crippen LogP contribution in [-0.2, 0) is 21.2 Å². The van der Waals surface area contributed by atoms with E-state index in [2.05, 4.69) is 4.98 Å². The maximum Gasteiger partial charge on any atom is 0.341 e. The summed E-state index contributed by atoms with van der Waals surface area (Å²) in [6, 6.07) is 13.1. The van der Waals surface area contributed by atoms with E-state index in [0.717, 1.165) is 47.6 Å². The lowest BCUT2D eigenvalue weighted by atomic mass is 9.81. The Hall–Kier alpha value is -4.59. The highest BCUT2D eigenvalue weighted by atomic mass is 35.5. The molecule has 4 N–H and O–H groups in total. The van der Waals surface area contributed by atoms with E-state index < -0.39 is 33.9 Å². The van der Waals surface area contributed by atoms with E-state index in [-0.39, 0.29) is 57.5 Å². The molecule has 0 bridgehead atoms. The Labute approximate surface area is 289 Å². The zero-order valence-electron chi connectivity index (χ0n) is 27.1. The third kappa shape index (κ3) is 6.57. The number of phenols is 1. The average molecular weight is 708 g/mol. The zero-order valence-corrected chi connectivity index (χ0v) is 28.7. The van der Waals surface area contributed by atoms with E-state index in [1.165, 1.54) is 49.3 Å². The monoisotopic (exact) mass is 707 g/mol. The Morgan fingerprint density at radius 3 is 2.57 bits per heavy atom. The van der Waals surface area contributed by atoms with E-state index in [4.69, 9.17) is 22.1 Å². The summed E-state index contributed by atoms with van der Waals surface area (Å²) in [6.07, 6.45) is 5.09. The van der Waals surface area contributed by atoms with Gasteiger partial charge in [0, 0.05) is 44.2 Å². The number of benzene rings is 3. The number of amides is 4. The molecule has 0 radical (unpaired) electrons. The van der Waals surface area contributed by atoms with Gasteiger partial charge in [-0.1, -0.05) is 42.3 Å². The molecule has 4 amide bonds. The van der Waals surface area contributed by atoms with Crippen LogP contribution in [0, 0.1) is 11.8 Å². The second-order valence-corrected chi connectivity index (χ2v) is 15.0. The summed E-state index contributed by atoms with van der Waals surface area (Å²) in [7, 11) is -1.72. The number of aromatic nitrogens is 1. The lowest BCUT2D eigenvalue weighted by Gasteiger charge is -2.30. The van der Waals surface area contributed by atoms with Crippen molar-refractivity contribution in [3.8, 4) is 17.2 Å². The molecule has 4 aromatic rings. The number of rotatable bonds is 10. The number of sulfonamides is 1. The molecule has 2 fully saturated rings. The fraction of sp³-hybridized carbons (Fsp3) is 0.343. The van der Waals surface area contributed by atoms with Gasteiger partial charge in [-0.05, 0) is 79.6 Å². The number of nitrogens with zero attached hydrogens (tertiary/aromatic N) is 3. The number of urea groups is 1. The number of hydrogen-bond acceptors (Lipinski definition) is 8. The van der Waals surface area contributed by atoms with Crippen LogP contribution in [-0.4, -0.2) is 83.7 Å². The first-order valence-electron chi connectivity index (χ1n) is 16.1. The second-order valence-electron chi connectivity index (χ2n) is 12.8. The van der Waals surface area contributed by atoms with Gasteiger partial charge in [0.05, 0.1) is 10.5 Å². The van der Waals surface area contributed by atoms with E-state index in [1.54, 1.807) is 6.20 Å². The molecule has 12 nitrogen and oxygen atoms in total. The second kappa shape index (κ2) is 13.7. The van der Waals surface area contributed by atoms with Crippen molar-refractivity contribution in [2.24, 2.45) is 17.6 Å². The number of halogens is 1. The molecule has 6 rings (SSSR count). The van der Waals surface area contributed by atoms with Gasteiger partial charge in [-0.25, -0.2) is 17.5 Å². The van der Waals surface area contributed by atoms with Crippen LogP contribution < -0.4 is 10.5 Å². The van der Waals surface area contributed by atoms with Crippen LogP contribution in [0.2, 0.25) is 5.02 Å². The minimum Gasteiger partial charge on any atom is -0.506 e. The molecular weight excluding hydrogens is 670 g/mol. The summed E-state index contributed by atoms with van der Waals surface area (Å²) in [5.74, 6) is -1.15. The Bertz CT molecular complexity index is 2030. The molecule has 2 heterocycles. The van der Waals surface area contributed by atoms with Crippen molar-refractivity contribution < 1.29 is 32.6 Å². The number of hydrogen-bond donors (Lipinski definition) is 3. The Morgan fingerprint density at radius 1 is 1.06 bits per heavy atom. The van der Waals surface area contributed by atoms with Gasteiger partial charge >= 0.3 is 6.03 Å². The van der Waals surface area contributed by atoms with Gasteiger partial charge in [0.2, 0.25) is 0 Å². The molecular formula is C35H38ClN5O7S. The van der Waals surface area contributed by atoms with Crippen LogP contribution in [0.15, 0.2) is 71.8 Å².